The maximum absolute atomic E-state index is 9.14. The van der Waals surface area contributed by atoms with Crippen LogP contribution in [0.1, 0.15) is 0 Å². The van der Waals surface area contributed by atoms with Gasteiger partial charge in [-0.2, -0.15) is 0 Å². The van der Waals surface area contributed by atoms with E-state index < -0.39 is 8.15 Å². The van der Waals surface area contributed by atoms with Crippen molar-refractivity contribution in [1.29, 1.82) is 0 Å². The number of aliphatic hydroxyl groups is 1. The van der Waals surface area contributed by atoms with Crippen molar-refractivity contribution in [2.45, 2.75) is 0 Å². The van der Waals surface area contributed by atoms with Gasteiger partial charge in [-0.25, -0.2) is 0 Å². The molecular formula is C7H9O2P. The Bertz CT molecular complexity index is 188. The Balaban J connectivity index is 2.75. The van der Waals surface area contributed by atoms with Crippen LogP contribution in [0.25, 0.3) is 0 Å². The van der Waals surface area contributed by atoms with Crippen molar-refractivity contribution in [2.75, 3.05) is 6.35 Å². The summed E-state index contributed by atoms with van der Waals surface area (Å²) >= 11 is 0. The first-order chi connectivity index (χ1) is 4.84. The van der Waals surface area contributed by atoms with Crippen LogP contribution in [0.5, 0.6) is 0 Å². The lowest BCUT2D eigenvalue weighted by Crippen LogP contribution is -2.00. The molecule has 0 aliphatic carbocycles. The van der Waals surface area contributed by atoms with Crippen LogP contribution in [0.15, 0.2) is 30.3 Å². The highest BCUT2D eigenvalue weighted by Crippen LogP contribution is 2.25. The average molecular weight is 156 g/mol. The molecule has 0 aliphatic rings. The Morgan fingerprint density at radius 3 is 2.30 bits per heavy atom. The second-order valence-corrected chi connectivity index (χ2v) is 3.47. The van der Waals surface area contributed by atoms with Gasteiger partial charge in [0.05, 0.1) is 14.5 Å². The Kier molecular flexibility index (Phi) is 2.82. The van der Waals surface area contributed by atoms with Gasteiger partial charge in [-0.15, -0.1) is 0 Å². The van der Waals surface area contributed by atoms with Gasteiger partial charge in [0.1, 0.15) is 0 Å². The Morgan fingerprint density at radius 1 is 1.20 bits per heavy atom. The first-order valence-corrected chi connectivity index (χ1v) is 4.45. The van der Waals surface area contributed by atoms with Crippen LogP contribution in [-0.2, 0) is 0 Å². The van der Waals surface area contributed by atoms with Crippen LogP contribution in [0.2, 0.25) is 0 Å². The summed E-state index contributed by atoms with van der Waals surface area (Å²) in [5.41, 5.74) is 0. The van der Waals surface area contributed by atoms with Crippen molar-refractivity contribution in [3.63, 3.8) is 0 Å². The SMILES string of the molecule is OCP(O)c1ccccc1. The van der Waals surface area contributed by atoms with E-state index in [0.717, 1.165) is 5.30 Å². The molecule has 0 aromatic heterocycles. The molecule has 1 atom stereocenters. The van der Waals surface area contributed by atoms with Crippen molar-refractivity contribution in [3.05, 3.63) is 30.3 Å². The molecule has 0 radical (unpaired) electrons. The van der Waals surface area contributed by atoms with Gasteiger partial charge in [-0.3, -0.25) is 0 Å². The largest absolute Gasteiger partial charge is 0.389 e. The van der Waals surface area contributed by atoms with E-state index in [9.17, 15) is 0 Å². The maximum atomic E-state index is 9.14. The first-order valence-electron chi connectivity index (χ1n) is 2.97. The third kappa shape index (κ3) is 1.77. The first kappa shape index (κ1) is 7.67. The molecule has 54 valence electrons. The molecule has 0 heterocycles. The van der Waals surface area contributed by atoms with Gasteiger partial charge in [0.25, 0.3) is 0 Å². The summed E-state index contributed by atoms with van der Waals surface area (Å²) in [5, 5.41) is 9.39. The highest BCUT2D eigenvalue weighted by molar-refractivity contribution is 7.59. The number of aliphatic hydroxyl groups excluding tert-OH is 1. The minimum absolute atomic E-state index is 0.153. The van der Waals surface area contributed by atoms with E-state index in [-0.39, 0.29) is 6.35 Å². The molecule has 1 unspecified atom stereocenters. The maximum Gasteiger partial charge on any atom is 0.0910 e. The molecular weight excluding hydrogens is 147 g/mol. The molecule has 0 bridgehead atoms. The van der Waals surface area contributed by atoms with Crippen LogP contribution in [-0.4, -0.2) is 16.3 Å². The molecule has 2 nitrogen and oxygen atoms in total. The van der Waals surface area contributed by atoms with Gasteiger partial charge in [0.15, 0.2) is 0 Å². The summed E-state index contributed by atoms with van der Waals surface area (Å²) in [6, 6.07) is 9.18. The normalized spacial score (nSPS) is 13.0. The number of benzene rings is 1. The highest BCUT2D eigenvalue weighted by Gasteiger charge is 2.02. The second kappa shape index (κ2) is 3.67. The van der Waals surface area contributed by atoms with Gasteiger partial charge in [-0.05, 0) is 0 Å². The quantitative estimate of drug-likeness (QED) is 0.617. The van der Waals surface area contributed by atoms with E-state index in [0.29, 0.717) is 0 Å². The smallest absolute Gasteiger partial charge is 0.0910 e. The minimum atomic E-state index is -1.32. The highest BCUT2D eigenvalue weighted by atomic mass is 31.1. The summed E-state index contributed by atoms with van der Waals surface area (Å²) in [7, 11) is -1.32. The van der Waals surface area contributed by atoms with E-state index in [1.807, 2.05) is 30.3 Å². The van der Waals surface area contributed by atoms with Crippen molar-refractivity contribution >= 4 is 13.5 Å². The predicted octanol–water partition coefficient (Wildman–Crippen LogP) is 0.651. The molecule has 0 amide bonds. The van der Waals surface area contributed by atoms with Gasteiger partial charge in [0.2, 0.25) is 0 Å². The summed E-state index contributed by atoms with van der Waals surface area (Å²) in [6.45, 7) is 0. The van der Waals surface area contributed by atoms with Gasteiger partial charge in [0, 0.05) is 5.30 Å². The summed E-state index contributed by atoms with van der Waals surface area (Å²) < 4.78 is 0. The molecule has 10 heavy (non-hydrogen) atoms. The van der Waals surface area contributed by atoms with E-state index in [1.54, 1.807) is 0 Å². The topological polar surface area (TPSA) is 40.5 Å². The number of hydrogen-bond acceptors (Lipinski definition) is 2. The predicted molar refractivity (Wildman–Crippen MR) is 42.3 cm³/mol. The molecule has 3 heteroatoms. The van der Waals surface area contributed by atoms with Crippen LogP contribution < -0.4 is 5.30 Å². The third-order valence-corrected chi connectivity index (χ3v) is 2.35. The molecule has 1 aromatic rings. The van der Waals surface area contributed by atoms with E-state index in [4.69, 9.17) is 10.00 Å². The lowest BCUT2D eigenvalue weighted by atomic mass is 10.4. The molecule has 1 rings (SSSR count). The van der Waals surface area contributed by atoms with Crippen LogP contribution in [0, 0.1) is 0 Å². The summed E-state index contributed by atoms with van der Waals surface area (Å²) in [4.78, 5) is 9.14. The Morgan fingerprint density at radius 2 is 1.80 bits per heavy atom. The molecule has 0 saturated heterocycles. The van der Waals surface area contributed by atoms with Crippen molar-refractivity contribution in [2.24, 2.45) is 0 Å². The van der Waals surface area contributed by atoms with Gasteiger partial charge < -0.3 is 10.00 Å². The van der Waals surface area contributed by atoms with E-state index in [1.165, 1.54) is 0 Å². The van der Waals surface area contributed by atoms with Crippen molar-refractivity contribution in [1.82, 2.24) is 0 Å². The third-order valence-electron chi connectivity index (χ3n) is 1.19. The number of hydrogen-bond donors (Lipinski definition) is 2. The fourth-order valence-electron chi connectivity index (χ4n) is 0.682. The van der Waals surface area contributed by atoms with Crippen LogP contribution in [0.3, 0.4) is 0 Å². The van der Waals surface area contributed by atoms with Crippen molar-refractivity contribution < 1.29 is 10.00 Å². The zero-order valence-corrected chi connectivity index (χ0v) is 6.33. The number of rotatable bonds is 2. The standard InChI is InChI=1S/C7H9O2P/c8-6-10(9)7-4-2-1-3-5-7/h1-5,8-9H,6H2. The average Bonchev–Trinajstić information content (AvgIpc) is 2.05. The lowest BCUT2D eigenvalue weighted by Gasteiger charge is -2.04. The molecule has 1 aromatic carbocycles. The Labute approximate surface area is 61.0 Å². The zero-order valence-electron chi connectivity index (χ0n) is 5.44. The fourth-order valence-corrected chi connectivity index (χ4v) is 1.36. The minimum Gasteiger partial charge on any atom is -0.389 e. The summed E-state index contributed by atoms with van der Waals surface area (Å²) in [5.74, 6) is 0. The van der Waals surface area contributed by atoms with Gasteiger partial charge in [-0.1, -0.05) is 30.3 Å². The molecule has 2 N–H and O–H groups in total. The summed E-state index contributed by atoms with van der Waals surface area (Å²) in [6.07, 6.45) is -0.153. The van der Waals surface area contributed by atoms with Crippen molar-refractivity contribution in [3.8, 4) is 0 Å². The molecule has 0 fully saturated rings. The van der Waals surface area contributed by atoms with Crippen LogP contribution in [0.4, 0.5) is 0 Å². The Hall–Kier alpha value is -0.430. The lowest BCUT2D eigenvalue weighted by molar-refractivity contribution is 0.359. The zero-order chi connectivity index (χ0) is 7.40. The fraction of sp³-hybridized carbons (Fsp3) is 0.143. The second-order valence-electron chi connectivity index (χ2n) is 1.88. The van der Waals surface area contributed by atoms with Crippen LogP contribution >= 0.6 is 8.15 Å². The monoisotopic (exact) mass is 156 g/mol. The van der Waals surface area contributed by atoms with E-state index in [2.05, 4.69) is 0 Å². The molecule has 0 aliphatic heterocycles. The molecule has 0 spiro atoms. The van der Waals surface area contributed by atoms with E-state index >= 15 is 0 Å². The molecule has 0 saturated carbocycles. The van der Waals surface area contributed by atoms with Gasteiger partial charge >= 0.3 is 0 Å².